The van der Waals surface area contributed by atoms with Gasteiger partial charge >= 0.3 is 0 Å². The molecule has 0 aromatic heterocycles. The van der Waals surface area contributed by atoms with Gasteiger partial charge < -0.3 is 15.2 Å². The van der Waals surface area contributed by atoms with E-state index >= 15 is 0 Å². The van der Waals surface area contributed by atoms with Crippen LogP contribution in [0.1, 0.15) is 18.1 Å². The van der Waals surface area contributed by atoms with Gasteiger partial charge in [0.15, 0.2) is 0 Å². The van der Waals surface area contributed by atoms with Gasteiger partial charge in [0.1, 0.15) is 11.5 Å². The maximum absolute atomic E-state index is 9.12. The summed E-state index contributed by atoms with van der Waals surface area (Å²) in [7, 11) is 0. The second-order valence-corrected chi connectivity index (χ2v) is 4.57. The molecule has 2 aromatic carbocycles. The number of benzene rings is 2. The van der Waals surface area contributed by atoms with E-state index in [1.165, 1.54) is 0 Å². The fourth-order valence-corrected chi connectivity index (χ4v) is 2.06. The summed E-state index contributed by atoms with van der Waals surface area (Å²) in [6, 6.07) is 15.9. The van der Waals surface area contributed by atoms with Gasteiger partial charge in [0.2, 0.25) is 0 Å². The van der Waals surface area contributed by atoms with E-state index in [9.17, 15) is 0 Å². The first-order chi connectivity index (χ1) is 9.85. The van der Waals surface area contributed by atoms with Crippen LogP contribution in [0.3, 0.4) is 0 Å². The predicted octanol–water partition coefficient (Wildman–Crippen LogP) is 3.12. The number of aliphatic hydroxyl groups excluding tert-OH is 1. The fourth-order valence-electron chi connectivity index (χ4n) is 2.06. The van der Waals surface area contributed by atoms with Gasteiger partial charge in [-0.1, -0.05) is 43.3 Å². The first kappa shape index (κ1) is 14.6. The molecule has 0 bridgehead atoms. The van der Waals surface area contributed by atoms with Crippen molar-refractivity contribution in [2.45, 2.75) is 19.9 Å². The SMILES string of the molecule is CCNCc1ccccc1Oc1ccccc1CCO. The van der Waals surface area contributed by atoms with Gasteiger partial charge in [0.05, 0.1) is 0 Å². The van der Waals surface area contributed by atoms with Gasteiger partial charge in [-0.2, -0.15) is 0 Å². The molecule has 0 atom stereocenters. The Morgan fingerprint density at radius 2 is 1.55 bits per heavy atom. The highest BCUT2D eigenvalue weighted by Gasteiger charge is 2.07. The first-order valence-corrected chi connectivity index (χ1v) is 7.00. The molecular weight excluding hydrogens is 250 g/mol. The van der Waals surface area contributed by atoms with E-state index in [4.69, 9.17) is 9.84 Å². The third kappa shape index (κ3) is 3.83. The normalized spacial score (nSPS) is 10.5. The first-order valence-electron chi connectivity index (χ1n) is 7.00. The maximum atomic E-state index is 9.12. The van der Waals surface area contributed by atoms with Crippen LogP contribution in [0, 0.1) is 0 Å². The van der Waals surface area contributed by atoms with E-state index in [1.807, 2.05) is 42.5 Å². The minimum absolute atomic E-state index is 0.124. The van der Waals surface area contributed by atoms with Gasteiger partial charge in [0, 0.05) is 18.7 Å². The van der Waals surface area contributed by atoms with E-state index in [-0.39, 0.29) is 6.61 Å². The van der Waals surface area contributed by atoms with Gasteiger partial charge in [-0.25, -0.2) is 0 Å². The largest absolute Gasteiger partial charge is 0.457 e. The molecule has 0 saturated heterocycles. The zero-order valence-electron chi connectivity index (χ0n) is 11.8. The Labute approximate surface area is 120 Å². The third-order valence-electron chi connectivity index (χ3n) is 3.11. The second kappa shape index (κ2) is 7.68. The standard InChI is InChI=1S/C17H21NO2/c1-2-18-13-15-8-4-6-10-17(15)20-16-9-5-3-7-14(16)11-12-19/h3-10,18-19H,2,11-13H2,1H3. The molecule has 0 unspecified atom stereocenters. The lowest BCUT2D eigenvalue weighted by Crippen LogP contribution is -2.12. The molecule has 3 heteroatoms. The van der Waals surface area contributed by atoms with Crippen LogP contribution in [0.5, 0.6) is 11.5 Å². The Morgan fingerprint density at radius 1 is 0.950 bits per heavy atom. The smallest absolute Gasteiger partial charge is 0.131 e. The molecule has 0 radical (unpaired) electrons. The van der Waals surface area contributed by atoms with Crippen molar-refractivity contribution in [3.8, 4) is 11.5 Å². The number of aliphatic hydroxyl groups is 1. The summed E-state index contributed by atoms with van der Waals surface area (Å²) in [5.74, 6) is 1.67. The minimum atomic E-state index is 0.124. The number of hydrogen-bond donors (Lipinski definition) is 2. The van der Waals surface area contributed by atoms with Crippen molar-refractivity contribution in [2.24, 2.45) is 0 Å². The molecule has 106 valence electrons. The van der Waals surface area contributed by atoms with Crippen LogP contribution in [0.2, 0.25) is 0 Å². The summed E-state index contributed by atoms with van der Waals surface area (Å²) >= 11 is 0. The second-order valence-electron chi connectivity index (χ2n) is 4.57. The zero-order chi connectivity index (χ0) is 14.2. The summed E-state index contributed by atoms with van der Waals surface area (Å²) in [6.45, 7) is 3.92. The number of rotatable bonds is 7. The molecule has 0 aliphatic rings. The van der Waals surface area contributed by atoms with Crippen LogP contribution in [0.25, 0.3) is 0 Å². The van der Waals surface area contributed by atoms with Gasteiger partial charge in [-0.15, -0.1) is 0 Å². The van der Waals surface area contributed by atoms with Crippen LogP contribution in [-0.4, -0.2) is 18.3 Å². The lowest BCUT2D eigenvalue weighted by molar-refractivity contribution is 0.298. The molecule has 2 N–H and O–H groups in total. The molecule has 0 aliphatic heterocycles. The fraction of sp³-hybridized carbons (Fsp3) is 0.294. The number of hydrogen-bond acceptors (Lipinski definition) is 3. The molecular formula is C17H21NO2. The number of para-hydroxylation sites is 2. The van der Waals surface area contributed by atoms with Crippen molar-refractivity contribution in [2.75, 3.05) is 13.2 Å². The average molecular weight is 271 g/mol. The van der Waals surface area contributed by atoms with Crippen LogP contribution in [-0.2, 0) is 13.0 Å². The Balaban J connectivity index is 2.21. The van der Waals surface area contributed by atoms with Gasteiger partial charge in [0.25, 0.3) is 0 Å². The average Bonchev–Trinajstić information content (AvgIpc) is 2.49. The lowest BCUT2D eigenvalue weighted by Gasteiger charge is -2.14. The van der Waals surface area contributed by atoms with Crippen LogP contribution >= 0.6 is 0 Å². The number of ether oxygens (including phenoxy) is 1. The topological polar surface area (TPSA) is 41.5 Å². The monoisotopic (exact) mass is 271 g/mol. The quantitative estimate of drug-likeness (QED) is 0.813. The van der Waals surface area contributed by atoms with E-state index in [2.05, 4.69) is 18.3 Å². The summed E-state index contributed by atoms with van der Waals surface area (Å²) in [4.78, 5) is 0. The van der Waals surface area contributed by atoms with Crippen molar-refractivity contribution in [1.82, 2.24) is 5.32 Å². The van der Waals surface area contributed by atoms with Crippen molar-refractivity contribution in [3.63, 3.8) is 0 Å². The van der Waals surface area contributed by atoms with E-state index in [0.29, 0.717) is 6.42 Å². The molecule has 2 rings (SSSR count). The Kier molecular flexibility index (Phi) is 5.59. The molecule has 0 amide bonds. The molecule has 0 spiro atoms. The van der Waals surface area contributed by atoms with Crippen molar-refractivity contribution < 1.29 is 9.84 Å². The Bertz CT molecular complexity index is 540. The van der Waals surface area contributed by atoms with Crippen molar-refractivity contribution in [3.05, 3.63) is 59.7 Å². The van der Waals surface area contributed by atoms with Crippen molar-refractivity contribution >= 4 is 0 Å². The minimum Gasteiger partial charge on any atom is -0.457 e. The molecule has 2 aromatic rings. The van der Waals surface area contributed by atoms with E-state index in [1.54, 1.807) is 0 Å². The maximum Gasteiger partial charge on any atom is 0.131 e. The molecule has 3 nitrogen and oxygen atoms in total. The van der Waals surface area contributed by atoms with Crippen LogP contribution < -0.4 is 10.1 Å². The van der Waals surface area contributed by atoms with Crippen LogP contribution in [0.15, 0.2) is 48.5 Å². The molecule has 0 heterocycles. The zero-order valence-corrected chi connectivity index (χ0v) is 11.8. The van der Waals surface area contributed by atoms with Gasteiger partial charge in [-0.3, -0.25) is 0 Å². The summed E-state index contributed by atoms with van der Waals surface area (Å²) in [6.07, 6.45) is 0.603. The number of nitrogens with one attached hydrogen (secondary N) is 1. The summed E-state index contributed by atoms with van der Waals surface area (Å²) in [5, 5.41) is 12.4. The molecule has 0 fully saturated rings. The van der Waals surface area contributed by atoms with E-state index < -0.39 is 0 Å². The van der Waals surface area contributed by atoms with Crippen molar-refractivity contribution in [1.29, 1.82) is 0 Å². The molecule has 0 aliphatic carbocycles. The highest BCUT2D eigenvalue weighted by molar-refractivity contribution is 5.41. The Hall–Kier alpha value is -1.84. The highest BCUT2D eigenvalue weighted by Crippen LogP contribution is 2.28. The molecule has 20 heavy (non-hydrogen) atoms. The van der Waals surface area contributed by atoms with Gasteiger partial charge in [-0.05, 0) is 30.7 Å². The lowest BCUT2D eigenvalue weighted by atomic mass is 10.1. The third-order valence-corrected chi connectivity index (χ3v) is 3.11. The van der Waals surface area contributed by atoms with Crippen LogP contribution in [0.4, 0.5) is 0 Å². The predicted molar refractivity (Wildman–Crippen MR) is 81.1 cm³/mol. The summed E-state index contributed by atoms with van der Waals surface area (Å²) in [5.41, 5.74) is 2.15. The highest BCUT2D eigenvalue weighted by atomic mass is 16.5. The molecule has 0 saturated carbocycles. The van der Waals surface area contributed by atoms with E-state index in [0.717, 1.165) is 35.7 Å². The summed E-state index contributed by atoms with van der Waals surface area (Å²) < 4.78 is 6.04. The Morgan fingerprint density at radius 3 is 2.20 bits per heavy atom.